The van der Waals surface area contributed by atoms with Gasteiger partial charge < -0.3 is 9.47 Å². The van der Waals surface area contributed by atoms with Gasteiger partial charge in [0, 0.05) is 20.7 Å². The van der Waals surface area contributed by atoms with E-state index in [0.717, 1.165) is 15.6 Å². The van der Waals surface area contributed by atoms with Crippen molar-refractivity contribution < 1.29 is 14.3 Å². The summed E-state index contributed by atoms with van der Waals surface area (Å²) in [4.78, 5) is 17.2. The number of para-hydroxylation sites is 1. The molecule has 0 radical (unpaired) electrons. The Kier molecular flexibility index (Phi) is 4.44. The molecule has 0 atom stereocenters. The molecule has 0 amide bonds. The third kappa shape index (κ3) is 2.98. The van der Waals surface area contributed by atoms with Crippen LogP contribution in [0.25, 0.3) is 16.2 Å². The number of halogens is 2. The fourth-order valence-corrected chi connectivity index (χ4v) is 4.33. The summed E-state index contributed by atoms with van der Waals surface area (Å²) in [5.74, 6) is 0.307. The van der Waals surface area contributed by atoms with Crippen molar-refractivity contribution in [3.63, 3.8) is 0 Å². The predicted molar refractivity (Wildman–Crippen MR) is 105 cm³/mol. The zero-order chi connectivity index (χ0) is 18.3. The van der Waals surface area contributed by atoms with Crippen LogP contribution in [0.15, 0.2) is 53.2 Å². The Labute approximate surface area is 163 Å². The molecule has 0 bridgehead atoms. The number of cyclic esters (lactones) is 1. The molecule has 1 aliphatic rings. The second kappa shape index (κ2) is 6.76. The van der Waals surface area contributed by atoms with Gasteiger partial charge in [-0.2, -0.15) is 0 Å². The third-order valence-electron chi connectivity index (χ3n) is 3.84. The van der Waals surface area contributed by atoms with E-state index in [1.165, 1.54) is 11.3 Å². The molecule has 0 saturated heterocycles. The van der Waals surface area contributed by atoms with Crippen molar-refractivity contribution in [1.29, 1.82) is 0 Å². The molecule has 1 aromatic heterocycles. The Morgan fingerprint density at radius 3 is 2.81 bits per heavy atom. The first-order chi connectivity index (χ1) is 12.6. The second-order valence-electron chi connectivity index (χ2n) is 5.46. The number of nitrogens with zero attached hydrogens (tertiary/aromatic N) is 1. The van der Waals surface area contributed by atoms with Gasteiger partial charge in [0.15, 0.2) is 5.70 Å². The molecule has 0 fully saturated rings. The van der Waals surface area contributed by atoms with Gasteiger partial charge in [0.25, 0.3) is 0 Å². The van der Waals surface area contributed by atoms with Crippen molar-refractivity contribution in [3.05, 3.63) is 68.6 Å². The summed E-state index contributed by atoms with van der Waals surface area (Å²) in [5, 5.41) is 1.95. The van der Waals surface area contributed by atoms with E-state index in [-0.39, 0.29) is 11.6 Å². The predicted octanol–water partition coefficient (Wildman–Crippen LogP) is 5.56. The Morgan fingerprint density at radius 1 is 1.19 bits per heavy atom. The van der Waals surface area contributed by atoms with Crippen molar-refractivity contribution >= 4 is 62.6 Å². The molecular formula is C19H11Cl2NO3S. The Morgan fingerprint density at radius 2 is 2.00 bits per heavy atom. The fourth-order valence-electron chi connectivity index (χ4n) is 2.62. The molecule has 2 heterocycles. The molecule has 0 N–H and O–H groups in total. The van der Waals surface area contributed by atoms with Gasteiger partial charge in [0.1, 0.15) is 10.6 Å². The number of ether oxygens (including phenoxy) is 2. The second-order valence-corrected chi connectivity index (χ2v) is 7.33. The molecule has 0 aliphatic carbocycles. The monoisotopic (exact) mass is 403 g/mol. The number of methoxy groups -OCH3 is 1. The van der Waals surface area contributed by atoms with E-state index in [2.05, 4.69) is 4.99 Å². The molecule has 0 unspecified atom stereocenters. The largest absolute Gasteiger partial charge is 0.496 e. The summed E-state index contributed by atoms with van der Waals surface area (Å²) in [6, 6.07) is 12.8. The number of thiophene rings is 1. The summed E-state index contributed by atoms with van der Waals surface area (Å²) in [5.41, 5.74) is 0.928. The summed E-state index contributed by atoms with van der Waals surface area (Å²) < 4.78 is 11.5. The van der Waals surface area contributed by atoms with Crippen molar-refractivity contribution in [2.75, 3.05) is 7.11 Å². The number of hydrogen-bond donors (Lipinski definition) is 0. The van der Waals surface area contributed by atoms with E-state index in [1.54, 1.807) is 19.3 Å². The van der Waals surface area contributed by atoms with Crippen molar-refractivity contribution in [2.24, 2.45) is 4.99 Å². The number of hydrogen-bond acceptors (Lipinski definition) is 5. The van der Waals surface area contributed by atoms with E-state index >= 15 is 0 Å². The van der Waals surface area contributed by atoms with Gasteiger partial charge in [-0.05, 0) is 24.3 Å². The maximum Gasteiger partial charge on any atom is 0.363 e. The number of aliphatic imine (C=N–C) groups is 1. The van der Waals surface area contributed by atoms with Gasteiger partial charge >= 0.3 is 5.97 Å². The average Bonchev–Trinajstić information content (AvgIpc) is 3.15. The maximum atomic E-state index is 12.2. The van der Waals surface area contributed by atoms with E-state index in [0.29, 0.717) is 20.7 Å². The van der Waals surface area contributed by atoms with Crippen molar-refractivity contribution in [3.8, 4) is 5.75 Å². The van der Waals surface area contributed by atoms with E-state index in [1.807, 2.05) is 36.4 Å². The first-order valence-corrected chi connectivity index (χ1v) is 9.17. The lowest BCUT2D eigenvalue weighted by Crippen LogP contribution is -2.04. The van der Waals surface area contributed by atoms with Crippen LogP contribution in [-0.4, -0.2) is 19.0 Å². The maximum absolute atomic E-state index is 12.2. The van der Waals surface area contributed by atoms with Crippen LogP contribution in [0, 0.1) is 0 Å². The van der Waals surface area contributed by atoms with E-state index in [4.69, 9.17) is 32.7 Å². The van der Waals surface area contributed by atoms with Crippen molar-refractivity contribution in [1.82, 2.24) is 0 Å². The van der Waals surface area contributed by atoms with E-state index in [9.17, 15) is 4.79 Å². The first-order valence-electron chi connectivity index (χ1n) is 7.60. The van der Waals surface area contributed by atoms with Crippen LogP contribution < -0.4 is 4.74 Å². The highest BCUT2D eigenvalue weighted by Crippen LogP contribution is 2.38. The van der Waals surface area contributed by atoms with Gasteiger partial charge in [0.05, 0.1) is 12.1 Å². The lowest BCUT2D eigenvalue weighted by atomic mass is 10.1. The number of rotatable bonds is 3. The molecule has 7 heteroatoms. The molecule has 4 nitrogen and oxygen atoms in total. The minimum atomic E-state index is -0.530. The number of esters is 1. The standard InChI is InChI=1S/C19H11Cl2NO3S/c1-24-14-5-3-2-4-10(14)8-13-19(23)25-18(22-13)17-16(21)12-7-6-11(20)9-15(12)26-17/h2-9H,1H3/b13-8-. The van der Waals surface area contributed by atoms with E-state index < -0.39 is 5.97 Å². The Balaban J connectivity index is 1.77. The molecular weight excluding hydrogens is 393 g/mol. The summed E-state index contributed by atoms with van der Waals surface area (Å²) >= 11 is 13.9. The molecule has 26 heavy (non-hydrogen) atoms. The highest BCUT2D eigenvalue weighted by atomic mass is 35.5. The zero-order valence-corrected chi connectivity index (χ0v) is 15.8. The van der Waals surface area contributed by atoms with Gasteiger partial charge in [-0.25, -0.2) is 9.79 Å². The summed E-state index contributed by atoms with van der Waals surface area (Å²) in [6.45, 7) is 0. The SMILES string of the molecule is COc1ccccc1/C=C1\N=C(c2sc3cc(Cl)ccc3c2Cl)OC1=O. The average molecular weight is 404 g/mol. The van der Waals surface area contributed by atoms with Crippen molar-refractivity contribution in [2.45, 2.75) is 0 Å². The van der Waals surface area contributed by atoms with Crippen LogP contribution in [0.2, 0.25) is 10.0 Å². The van der Waals surface area contributed by atoms with Gasteiger partial charge in [-0.3, -0.25) is 0 Å². The minimum Gasteiger partial charge on any atom is -0.496 e. The highest BCUT2D eigenvalue weighted by molar-refractivity contribution is 7.21. The van der Waals surface area contributed by atoms with Crippen LogP contribution in [0.3, 0.4) is 0 Å². The number of benzene rings is 2. The number of carbonyl (C=O) groups excluding carboxylic acids is 1. The fraction of sp³-hybridized carbons (Fsp3) is 0.0526. The summed E-state index contributed by atoms with van der Waals surface area (Å²) in [6.07, 6.45) is 1.63. The minimum absolute atomic E-state index is 0.191. The lowest BCUT2D eigenvalue weighted by molar-refractivity contribution is -0.129. The molecule has 0 spiro atoms. The smallest absolute Gasteiger partial charge is 0.363 e. The first kappa shape index (κ1) is 17.1. The Bertz CT molecular complexity index is 1100. The molecule has 2 aromatic carbocycles. The lowest BCUT2D eigenvalue weighted by Gasteiger charge is -2.03. The normalized spacial score (nSPS) is 15.4. The molecule has 4 rings (SSSR count). The Hall–Kier alpha value is -2.34. The molecule has 1 aliphatic heterocycles. The highest BCUT2D eigenvalue weighted by Gasteiger charge is 2.28. The molecule has 130 valence electrons. The van der Waals surface area contributed by atoms with Crippen LogP contribution in [-0.2, 0) is 9.53 Å². The van der Waals surface area contributed by atoms with Crippen LogP contribution >= 0.6 is 34.5 Å². The van der Waals surface area contributed by atoms with Crippen LogP contribution in [0.4, 0.5) is 0 Å². The zero-order valence-electron chi connectivity index (χ0n) is 13.5. The third-order valence-corrected chi connectivity index (χ3v) is 5.72. The quantitative estimate of drug-likeness (QED) is 0.424. The molecule has 3 aromatic rings. The van der Waals surface area contributed by atoms with Crippen LogP contribution in [0.1, 0.15) is 10.4 Å². The van der Waals surface area contributed by atoms with Gasteiger partial charge in [-0.15, -0.1) is 11.3 Å². The number of carbonyl (C=O) groups is 1. The molecule has 0 saturated carbocycles. The summed E-state index contributed by atoms with van der Waals surface area (Å²) in [7, 11) is 1.57. The number of fused-ring (bicyclic) bond motifs is 1. The van der Waals surface area contributed by atoms with Gasteiger partial charge in [0.2, 0.25) is 5.90 Å². The van der Waals surface area contributed by atoms with Crippen LogP contribution in [0.5, 0.6) is 5.75 Å². The topological polar surface area (TPSA) is 47.9 Å². The van der Waals surface area contributed by atoms with Gasteiger partial charge in [-0.1, -0.05) is 47.5 Å².